The van der Waals surface area contributed by atoms with Crippen LogP contribution in [0.15, 0.2) is 42.6 Å². The van der Waals surface area contributed by atoms with Gasteiger partial charge in [0.15, 0.2) is 5.82 Å². The lowest BCUT2D eigenvalue weighted by Crippen LogP contribution is -2.52. The van der Waals surface area contributed by atoms with Gasteiger partial charge in [-0.1, -0.05) is 18.2 Å². The summed E-state index contributed by atoms with van der Waals surface area (Å²) in [7, 11) is 3.58. The number of nitrogens with zero attached hydrogens (tertiary/aromatic N) is 4. The molecule has 3 atom stereocenters. The van der Waals surface area contributed by atoms with E-state index in [1.165, 1.54) is 5.56 Å². The molecule has 1 aromatic carbocycles. The third kappa shape index (κ3) is 3.88. The lowest BCUT2D eigenvalue weighted by atomic mass is 10.0. The third-order valence-electron chi connectivity index (χ3n) is 5.78. The second-order valence-corrected chi connectivity index (χ2v) is 7.57. The van der Waals surface area contributed by atoms with Crippen LogP contribution in [-0.2, 0) is 0 Å². The van der Waals surface area contributed by atoms with Gasteiger partial charge in [0, 0.05) is 38.3 Å². The number of aromatic nitrogens is 2. The van der Waals surface area contributed by atoms with E-state index in [2.05, 4.69) is 26.5 Å². The number of anilines is 1. The molecule has 1 saturated heterocycles. The van der Waals surface area contributed by atoms with E-state index in [-0.39, 0.29) is 18.1 Å². The molecular weight excluding hydrogens is 354 g/mol. The summed E-state index contributed by atoms with van der Waals surface area (Å²) in [6.07, 6.45) is 4.67. The minimum absolute atomic E-state index is 0.00612. The predicted octanol–water partition coefficient (Wildman–Crippen LogP) is 2.65. The number of carbonyl (C=O) groups is 1. The molecule has 1 N–H and O–H groups in total. The van der Waals surface area contributed by atoms with Gasteiger partial charge in [-0.25, -0.2) is 4.79 Å². The number of nitrogens with one attached hydrogen (secondary N) is 1. The number of likely N-dealkylation sites (N-methyl/N-ethyl adjacent to an activating group) is 1. The van der Waals surface area contributed by atoms with Gasteiger partial charge in [-0.05, 0) is 43.0 Å². The van der Waals surface area contributed by atoms with E-state index in [0.717, 1.165) is 43.9 Å². The zero-order chi connectivity index (χ0) is 19.5. The fraction of sp³-hybridized carbons (Fsp3) is 0.476. The van der Waals surface area contributed by atoms with Gasteiger partial charge in [-0.15, -0.1) is 5.10 Å². The maximum atomic E-state index is 12.8. The Bertz CT molecular complexity index is 815. The summed E-state index contributed by atoms with van der Waals surface area (Å²) in [4.78, 5) is 16.9. The number of carbonyl (C=O) groups excluding carboxylic acids is 1. The number of piperidine rings is 1. The van der Waals surface area contributed by atoms with Crippen molar-refractivity contribution in [3.63, 3.8) is 0 Å². The smallest absolute Gasteiger partial charge is 0.317 e. The zero-order valence-corrected chi connectivity index (χ0v) is 16.4. The molecule has 2 unspecified atom stereocenters. The number of amides is 2. The van der Waals surface area contributed by atoms with E-state index in [1.54, 1.807) is 13.3 Å². The maximum absolute atomic E-state index is 12.8. The summed E-state index contributed by atoms with van der Waals surface area (Å²) >= 11 is 0. The van der Waals surface area contributed by atoms with Crippen molar-refractivity contribution in [1.29, 1.82) is 0 Å². The fourth-order valence-corrected chi connectivity index (χ4v) is 4.04. The van der Waals surface area contributed by atoms with E-state index in [1.807, 2.05) is 42.3 Å². The average molecular weight is 381 g/mol. The summed E-state index contributed by atoms with van der Waals surface area (Å²) < 4.78 is 5.46. The van der Waals surface area contributed by atoms with Crippen molar-refractivity contribution in [3.8, 4) is 5.75 Å². The lowest BCUT2D eigenvalue weighted by Gasteiger charge is -2.38. The number of ether oxygens (including phenoxy) is 1. The Balaban J connectivity index is 1.34. The van der Waals surface area contributed by atoms with E-state index in [4.69, 9.17) is 4.74 Å². The first-order valence-corrected chi connectivity index (χ1v) is 9.86. The second kappa shape index (κ2) is 8.04. The highest BCUT2D eigenvalue weighted by Gasteiger charge is 2.42. The Hall–Kier alpha value is -2.83. The molecule has 28 heavy (non-hydrogen) atoms. The van der Waals surface area contributed by atoms with Crippen LogP contribution in [0.3, 0.4) is 0 Å². The topological polar surface area (TPSA) is 70.6 Å². The normalized spacial score (nSPS) is 23.8. The van der Waals surface area contributed by atoms with Crippen LogP contribution in [0.4, 0.5) is 10.6 Å². The molecule has 7 heteroatoms. The highest BCUT2D eigenvalue weighted by molar-refractivity contribution is 5.75. The van der Waals surface area contributed by atoms with Gasteiger partial charge in [0.05, 0.1) is 13.2 Å². The standard InChI is InChI=1S/C21H27N5O2/c1-25(15-7-6-12-26(14-15)20-10-5-11-22-24-20)21(27)23-18-13-17(18)16-8-3-4-9-19(16)28-2/h3-5,8-11,15,17-18H,6-7,12-14H2,1-2H3,(H,23,27)/t15-,17?,18?/m1/s1. The summed E-state index contributed by atoms with van der Waals surface area (Å²) in [5.74, 6) is 2.10. The summed E-state index contributed by atoms with van der Waals surface area (Å²) in [5.41, 5.74) is 1.17. The molecule has 7 nitrogen and oxygen atoms in total. The van der Waals surface area contributed by atoms with Crippen molar-refractivity contribution in [3.05, 3.63) is 48.2 Å². The predicted molar refractivity (Wildman–Crippen MR) is 108 cm³/mol. The molecule has 1 aliphatic carbocycles. The zero-order valence-electron chi connectivity index (χ0n) is 16.4. The Morgan fingerprint density at radius 3 is 2.93 bits per heavy atom. The van der Waals surface area contributed by atoms with Crippen LogP contribution in [0.2, 0.25) is 0 Å². The molecular formula is C21H27N5O2. The molecule has 2 amide bonds. The van der Waals surface area contributed by atoms with Gasteiger partial charge in [0.25, 0.3) is 0 Å². The maximum Gasteiger partial charge on any atom is 0.317 e. The van der Waals surface area contributed by atoms with Crippen molar-refractivity contribution >= 4 is 11.8 Å². The first-order chi connectivity index (χ1) is 13.7. The third-order valence-corrected chi connectivity index (χ3v) is 5.78. The molecule has 148 valence electrons. The lowest BCUT2D eigenvalue weighted by molar-refractivity contribution is 0.182. The minimum Gasteiger partial charge on any atom is -0.496 e. The molecule has 2 fully saturated rings. The number of hydrogen-bond acceptors (Lipinski definition) is 5. The van der Waals surface area contributed by atoms with Crippen LogP contribution in [0.25, 0.3) is 0 Å². The fourth-order valence-electron chi connectivity index (χ4n) is 4.04. The number of urea groups is 1. The summed E-state index contributed by atoms with van der Waals surface area (Å²) in [6.45, 7) is 1.73. The number of benzene rings is 1. The van der Waals surface area contributed by atoms with Gasteiger partial charge < -0.3 is 19.9 Å². The minimum atomic E-state index is -0.00612. The SMILES string of the molecule is COc1ccccc1C1CC1NC(=O)N(C)[C@@H]1CCCN(c2cccnn2)C1. The van der Waals surface area contributed by atoms with E-state index < -0.39 is 0 Å². The Morgan fingerprint density at radius 2 is 2.14 bits per heavy atom. The van der Waals surface area contributed by atoms with Crippen molar-refractivity contribution in [1.82, 2.24) is 20.4 Å². The highest BCUT2D eigenvalue weighted by Crippen LogP contribution is 2.44. The van der Waals surface area contributed by atoms with Crippen molar-refractivity contribution in [2.75, 3.05) is 32.1 Å². The van der Waals surface area contributed by atoms with Gasteiger partial charge in [-0.2, -0.15) is 5.10 Å². The molecule has 1 saturated carbocycles. The van der Waals surface area contributed by atoms with E-state index in [9.17, 15) is 4.79 Å². The Kier molecular flexibility index (Phi) is 5.32. The molecule has 2 aromatic rings. The summed E-state index contributed by atoms with van der Waals surface area (Å²) in [5, 5.41) is 11.4. The molecule has 0 spiro atoms. The molecule has 0 radical (unpaired) electrons. The number of para-hydroxylation sites is 1. The van der Waals surface area contributed by atoms with Crippen LogP contribution >= 0.6 is 0 Å². The van der Waals surface area contributed by atoms with Crippen LogP contribution in [0.5, 0.6) is 5.75 Å². The van der Waals surface area contributed by atoms with Gasteiger partial charge in [-0.3, -0.25) is 0 Å². The van der Waals surface area contributed by atoms with Crippen molar-refractivity contribution in [2.24, 2.45) is 0 Å². The molecule has 2 heterocycles. The highest BCUT2D eigenvalue weighted by atomic mass is 16.5. The molecule has 1 aliphatic heterocycles. The van der Waals surface area contributed by atoms with Crippen LogP contribution in [0, 0.1) is 0 Å². The number of hydrogen-bond donors (Lipinski definition) is 1. The number of rotatable bonds is 5. The Labute approximate surface area is 165 Å². The van der Waals surface area contributed by atoms with Gasteiger partial charge >= 0.3 is 6.03 Å². The van der Waals surface area contributed by atoms with E-state index >= 15 is 0 Å². The van der Waals surface area contributed by atoms with Crippen molar-refractivity contribution < 1.29 is 9.53 Å². The van der Waals surface area contributed by atoms with E-state index in [0.29, 0.717) is 5.92 Å². The Morgan fingerprint density at radius 1 is 1.29 bits per heavy atom. The van der Waals surface area contributed by atoms with Gasteiger partial charge in [0.1, 0.15) is 5.75 Å². The number of methoxy groups -OCH3 is 1. The van der Waals surface area contributed by atoms with Crippen molar-refractivity contribution in [2.45, 2.75) is 37.3 Å². The molecule has 4 rings (SSSR count). The molecule has 2 aliphatic rings. The monoisotopic (exact) mass is 381 g/mol. The molecule has 0 bridgehead atoms. The van der Waals surface area contributed by atoms with Crippen LogP contribution < -0.4 is 15.0 Å². The first kappa shape index (κ1) is 18.5. The average Bonchev–Trinajstić information content (AvgIpc) is 3.52. The first-order valence-electron chi connectivity index (χ1n) is 9.86. The van der Waals surface area contributed by atoms with Crippen LogP contribution in [0.1, 0.15) is 30.7 Å². The molecule has 1 aromatic heterocycles. The van der Waals surface area contributed by atoms with Crippen LogP contribution in [-0.4, -0.2) is 60.5 Å². The quantitative estimate of drug-likeness (QED) is 0.862. The van der Waals surface area contributed by atoms with Gasteiger partial charge in [0.2, 0.25) is 0 Å². The summed E-state index contributed by atoms with van der Waals surface area (Å²) in [6, 6.07) is 12.2. The second-order valence-electron chi connectivity index (χ2n) is 7.57. The largest absolute Gasteiger partial charge is 0.496 e.